The first-order valence-corrected chi connectivity index (χ1v) is 5.91. The molecule has 2 aromatic rings. The minimum atomic E-state index is -1.35. The van der Waals surface area contributed by atoms with Gasteiger partial charge in [0.25, 0.3) is 5.91 Å². The number of nitrogens with zero attached hydrogens (tertiary/aromatic N) is 2. The van der Waals surface area contributed by atoms with E-state index in [1.807, 2.05) is 0 Å². The van der Waals surface area contributed by atoms with Crippen molar-refractivity contribution in [3.63, 3.8) is 0 Å². The Hall–Kier alpha value is -2.77. The highest BCUT2D eigenvalue weighted by molar-refractivity contribution is 5.95. The molecule has 0 aliphatic heterocycles. The van der Waals surface area contributed by atoms with Gasteiger partial charge in [0.15, 0.2) is 0 Å². The summed E-state index contributed by atoms with van der Waals surface area (Å²) in [5.74, 6) is -3.32. The summed E-state index contributed by atoms with van der Waals surface area (Å²) >= 11 is 0. The van der Waals surface area contributed by atoms with Crippen molar-refractivity contribution in [2.75, 3.05) is 0 Å². The standard InChI is InChI=1S/C13H11F2N3O3/c1-17-3-2-8(7-17)6-16-13(19)10-4-9(14)5-11(12(10)15)18(20)21/h2-5,7H,6H2,1H3,(H,16,19). The van der Waals surface area contributed by atoms with Crippen molar-refractivity contribution in [1.82, 2.24) is 9.88 Å². The van der Waals surface area contributed by atoms with Gasteiger partial charge in [0.1, 0.15) is 5.82 Å². The van der Waals surface area contributed by atoms with Crippen molar-refractivity contribution in [3.8, 4) is 0 Å². The van der Waals surface area contributed by atoms with Gasteiger partial charge in [-0.05, 0) is 17.7 Å². The van der Waals surface area contributed by atoms with E-state index in [2.05, 4.69) is 5.32 Å². The van der Waals surface area contributed by atoms with Gasteiger partial charge >= 0.3 is 5.69 Å². The molecule has 8 heteroatoms. The SMILES string of the molecule is Cn1ccc(CNC(=O)c2cc(F)cc([N+](=O)[O-])c2F)c1. The largest absolute Gasteiger partial charge is 0.357 e. The molecule has 1 aromatic carbocycles. The molecule has 1 aromatic heterocycles. The number of hydrogen-bond acceptors (Lipinski definition) is 3. The van der Waals surface area contributed by atoms with Crippen LogP contribution in [-0.4, -0.2) is 15.4 Å². The zero-order chi connectivity index (χ0) is 15.6. The Labute approximate surface area is 118 Å². The molecule has 0 saturated heterocycles. The smallest absolute Gasteiger partial charge is 0.308 e. The molecule has 0 radical (unpaired) electrons. The lowest BCUT2D eigenvalue weighted by Gasteiger charge is -2.06. The van der Waals surface area contributed by atoms with Crippen molar-refractivity contribution in [2.24, 2.45) is 7.05 Å². The maximum atomic E-state index is 13.8. The van der Waals surface area contributed by atoms with Crippen LogP contribution in [0.3, 0.4) is 0 Å². The van der Waals surface area contributed by atoms with Gasteiger partial charge in [-0.2, -0.15) is 4.39 Å². The number of hydrogen-bond donors (Lipinski definition) is 1. The second-order valence-electron chi connectivity index (χ2n) is 4.41. The number of nitrogens with one attached hydrogen (secondary N) is 1. The average molecular weight is 295 g/mol. The number of halogens is 2. The Bertz CT molecular complexity index is 713. The number of aryl methyl sites for hydroxylation is 1. The lowest BCUT2D eigenvalue weighted by molar-refractivity contribution is -0.387. The summed E-state index contributed by atoms with van der Waals surface area (Å²) in [5.41, 5.74) is -1.00. The van der Waals surface area contributed by atoms with Crippen LogP contribution >= 0.6 is 0 Å². The summed E-state index contributed by atoms with van der Waals surface area (Å²) in [6.07, 6.45) is 3.50. The highest BCUT2D eigenvalue weighted by Gasteiger charge is 2.24. The first-order chi connectivity index (χ1) is 9.88. The van der Waals surface area contributed by atoms with Crippen LogP contribution in [0.25, 0.3) is 0 Å². The van der Waals surface area contributed by atoms with E-state index in [1.165, 1.54) is 0 Å². The number of rotatable bonds is 4. The van der Waals surface area contributed by atoms with Crippen LogP contribution < -0.4 is 5.32 Å². The van der Waals surface area contributed by atoms with Gasteiger partial charge < -0.3 is 9.88 Å². The molecule has 6 nitrogen and oxygen atoms in total. The summed E-state index contributed by atoms with van der Waals surface area (Å²) in [6.45, 7) is 0.101. The molecular weight excluding hydrogens is 284 g/mol. The third-order valence-corrected chi connectivity index (χ3v) is 2.81. The van der Waals surface area contributed by atoms with E-state index in [0.29, 0.717) is 12.1 Å². The second-order valence-corrected chi connectivity index (χ2v) is 4.41. The third kappa shape index (κ3) is 3.22. The summed E-state index contributed by atoms with van der Waals surface area (Å²) in [5, 5.41) is 13.0. The number of carbonyl (C=O) groups excluding carboxylic acids is 1. The zero-order valence-electron chi connectivity index (χ0n) is 11.0. The topological polar surface area (TPSA) is 77.2 Å². The van der Waals surface area contributed by atoms with Crippen molar-refractivity contribution in [2.45, 2.75) is 6.54 Å². The van der Waals surface area contributed by atoms with E-state index >= 15 is 0 Å². The van der Waals surface area contributed by atoms with Crippen molar-refractivity contribution >= 4 is 11.6 Å². The first kappa shape index (κ1) is 14.6. The summed E-state index contributed by atoms with van der Waals surface area (Å²) in [7, 11) is 1.79. The minimum Gasteiger partial charge on any atom is -0.357 e. The van der Waals surface area contributed by atoms with Crippen LogP contribution in [0.1, 0.15) is 15.9 Å². The van der Waals surface area contributed by atoms with Gasteiger partial charge in [0, 0.05) is 26.0 Å². The van der Waals surface area contributed by atoms with Crippen LogP contribution in [-0.2, 0) is 13.6 Å². The zero-order valence-corrected chi connectivity index (χ0v) is 11.0. The second kappa shape index (κ2) is 5.70. The lowest BCUT2D eigenvalue weighted by Crippen LogP contribution is -2.24. The van der Waals surface area contributed by atoms with Gasteiger partial charge in [-0.3, -0.25) is 14.9 Å². The number of nitro groups is 1. The minimum absolute atomic E-state index is 0.101. The van der Waals surface area contributed by atoms with Crippen LogP contribution in [0.2, 0.25) is 0 Å². The molecule has 0 spiro atoms. The number of carbonyl (C=O) groups is 1. The van der Waals surface area contributed by atoms with Gasteiger partial charge in [0.2, 0.25) is 5.82 Å². The number of nitro benzene ring substituents is 1. The summed E-state index contributed by atoms with van der Waals surface area (Å²) < 4.78 is 28.8. The maximum absolute atomic E-state index is 13.8. The summed E-state index contributed by atoms with van der Waals surface area (Å²) in [6, 6.07) is 2.80. The van der Waals surface area contributed by atoms with Crippen molar-refractivity contribution in [1.29, 1.82) is 0 Å². The van der Waals surface area contributed by atoms with E-state index in [-0.39, 0.29) is 6.54 Å². The van der Waals surface area contributed by atoms with E-state index in [4.69, 9.17) is 0 Å². The molecule has 0 unspecified atom stereocenters. The van der Waals surface area contributed by atoms with Crippen LogP contribution in [0.15, 0.2) is 30.6 Å². The fourth-order valence-corrected chi connectivity index (χ4v) is 1.82. The molecule has 2 rings (SSSR count). The fraction of sp³-hybridized carbons (Fsp3) is 0.154. The molecule has 1 heterocycles. The molecule has 110 valence electrons. The van der Waals surface area contributed by atoms with E-state index < -0.39 is 33.7 Å². The Kier molecular flexibility index (Phi) is 3.97. The van der Waals surface area contributed by atoms with E-state index in [1.54, 1.807) is 30.1 Å². The van der Waals surface area contributed by atoms with Crippen LogP contribution in [0.4, 0.5) is 14.5 Å². The monoisotopic (exact) mass is 295 g/mol. The van der Waals surface area contributed by atoms with Gasteiger partial charge in [-0.1, -0.05) is 0 Å². The van der Waals surface area contributed by atoms with Crippen LogP contribution in [0, 0.1) is 21.7 Å². The highest BCUT2D eigenvalue weighted by atomic mass is 19.1. The van der Waals surface area contributed by atoms with Gasteiger partial charge in [-0.25, -0.2) is 4.39 Å². The number of amides is 1. The summed E-state index contributed by atoms with van der Waals surface area (Å²) in [4.78, 5) is 21.3. The molecular formula is C13H11F2N3O3. The maximum Gasteiger partial charge on any atom is 0.308 e. The molecule has 0 bridgehead atoms. The number of aromatic nitrogens is 1. The van der Waals surface area contributed by atoms with Gasteiger partial charge in [0.05, 0.1) is 16.6 Å². The van der Waals surface area contributed by atoms with Crippen molar-refractivity contribution < 1.29 is 18.5 Å². The quantitative estimate of drug-likeness (QED) is 0.693. The molecule has 0 aliphatic carbocycles. The molecule has 0 aliphatic rings. The molecule has 1 N–H and O–H groups in total. The Balaban J connectivity index is 2.21. The Morgan fingerprint density at radius 2 is 2.14 bits per heavy atom. The Morgan fingerprint density at radius 1 is 1.43 bits per heavy atom. The number of benzene rings is 1. The molecule has 21 heavy (non-hydrogen) atoms. The third-order valence-electron chi connectivity index (χ3n) is 2.81. The highest BCUT2D eigenvalue weighted by Crippen LogP contribution is 2.22. The molecule has 0 fully saturated rings. The molecule has 1 amide bonds. The van der Waals surface area contributed by atoms with Crippen molar-refractivity contribution in [3.05, 3.63) is 63.5 Å². The lowest BCUT2D eigenvalue weighted by atomic mass is 10.1. The fourth-order valence-electron chi connectivity index (χ4n) is 1.82. The van der Waals surface area contributed by atoms with E-state index in [9.17, 15) is 23.7 Å². The average Bonchev–Trinajstić information content (AvgIpc) is 2.83. The van der Waals surface area contributed by atoms with Gasteiger partial charge in [-0.15, -0.1) is 0 Å². The molecule has 0 saturated carbocycles. The Morgan fingerprint density at radius 3 is 2.71 bits per heavy atom. The van der Waals surface area contributed by atoms with Crippen LogP contribution in [0.5, 0.6) is 0 Å². The first-order valence-electron chi connectivity index (χ1n) is 5.91. The van der Waals surface area contributed by atoms with E-state index in [0.717, 1.165) is 5.56 Å². The predicted molar refractivity (Wildman–Crippen MR) is 69.6 cm³/mol. The predicted octanol–water partition coefficient (Wildman–Crippen LogP) is 2.14. The molecule has 0 atom stereocenters. The normalized spacial score (nSPS) is 10.4.